The molecule has 2 aliphatic rings. The van der Waals surface area contributed by atoms with E-state index in [0.29, 0.717) is 31.7 Å². The van der Waals surface area contributed by atoms with Crippen LogP contribution in [0.3, 0.4) is 0 Å². The molecule has 1 fully saturated rings. The molecule has 0 amide bonds. The van der Waals surface area contributed by atoms with E-state index in [-0.39, 0.29) is 11.4 Å². The lowest BCUT2D eigenvalue weighted by Gasteiger charge is -2.41. The van der Waals surface area contributed by atoms with Crippen molar-refractivity contribution in [2.45, 2.75) is 51.7 Å². The molecule has 0 radical (unpaired) electrons. The summed E-state index contributed by atoms with van der Waals surface area (Å²) < 4.78 is 15.4. The van der Waals surface area contributed by atoms with Crippen LogP contribution in [0.1, 0.15) is 42.5 Å². The van der Waals surface area contributed by atoms with E-state index in [1.165, 1.54) is 25.0 Å². The molecule has 2 heterocycles. The molecule has 6 heteroatoms. The average molecular weight is 419 g/mol. The summed E-state index contributed by atoms with van der Waals surface area (Å²) in [5.41, 5.74) is 3.45. The van der Waals surface area contributed by atoms with Crippen molar-refractivity contribution in [3.05, 3.63) is 87.6 Å². The number of halogens is 1. The van der Waals surface area contributed by atoms with Crippen LogP contribution in [0.5, 0.6) is 0 Å². The van der Waals surface area contributed by atoms with E-state index >= 15 is 0 Å². The predicted molar refractivity (Wildman–Crippen MR) is 120 cm³/mol. The van der Waals surface area contributed by atoms with E-state index < -0.39 is 0 Å². The Bertz CT molecular complexity index is 1120. The highest BCUT2D eigenvalue weighted by Crippen LogP contribution is 2.32. The highest BCUT2D eigenvalue weighted by Gasteiger charge is 2.32. The van der Waals surface area contributed by atoms with Crippen molar-refractivity contribution in [3.8, 4) is 0 Å². The molecule has 0 bridgehead atoms. The van der Waals surface area contributed by atoms with Crippen molar-refractivity contribution in [1.82, 2.24) is 14.5 Å². The molecular weight excluding hydrogens is 391 g/mol. The fraction of sp³-hybridized carbons (Fsp3) is 0.360. The van der Waals surface area contributed by atoms with Gasteiger partial charge in [0.05, 0.1) is 19.0 Å². The minimum absolute atomic E-state index is 0.0150. The topological polar surface area (TPSA) is 41.4 Å². The highest BCUT2D eigenvalue weighted by atomic mass is 19.1. The Hall–Kier alpha value is -2.99. The maximum absolute atomic E-state index is 13.6. The largest absolute Gasteiger partial charge is 0.298 e. The van der Waals surface area contributed by atoms with Gasteiger partial charge in [0.1, 0.15) is 5.82 Å². The molecule has 0 saturated heterocycles. The first kappa shape index (κ1) is 19.9. The van der Waals surface area contributed by atoms with Gasteiger partial charge >= 0.3 is 0 Å². The number of aromatic nitrogens is 2. The fourth-order valence-electron chi connectivity index (χ4n) is 4.81. The fourth-order valence-corrected chi connectivity index (χ4v) is 4.81. The van der Waals surface area contributed by atoms with E-state index in [2.05, 4.69) is 4.90 Å². The van der Waals surface area contributed by atoms with Gasteiger partial charge in [-0.15, -0.1) is 0 Å². The number of anilines is 2. The summed E-state index contributed by atoms with van der Waals surface area (Å²) in [7, 11) is 0. The van der Waals surface area contributed by atoms with E-state index in [4.69, 9.17) is 4.98 Å². The lowest BCUT2D eigenvalue weighted by atomic mass is 10.1. The second-order valence-electron chi connectivity index (χ2n) is 8.59. The van der Waals surface area contributed by atoms with E-state index in [9.17, 15) is 9.18 Å². The van der Waals surface area contributed by atoms with Crippen molar-refractivity contribution >= 4 is 11.6 Å². The molecule has 31 heavy (non-hydrogen) atoms. The van der Waals surface area contributed by atoms with E-state index in [1.54, 1.807) is 16.7 Å². The molecule has 3 aromatic rings. The van der Waals surface area contributed by atoms with Crippen molar-refractivity contribution in [2.24, 2.45) is 0 Å². The van der Waals surface area contributed by atoms with E-state index in [0.717, 1.165) is 35.3 Å². The molecular formula is C25H27FN4O. The van der Waals surface area contributed by atoms with Gasteiger partial charge in [0, 0.05) is 23.7 Å². The monoisotopic (exact) mass is 418 g/mol. The quantitative estimate of drug-likeness (QED) is 0.621. The molecule has 1 aliphatic heterocycles. The van der Waals surface area contributed by atoms with Crippen LogP contribution in [0.25, 0.3) is 0 Å². The Morgan fingerprint density at radius 3 is 2.42 bits per heavy atom. The standard InChI is InChI=1S/C25H27FN4O/c1-18-23(15-19-7-3-2-4-8-19)24(31)30-17-28(21-9-5-6-10-21)16-29(25(30)27-18)22-13-11-20(26)12-14-22/h2-4,7-8,11-14,21H,5-6,9-10,15-17H2,1H3. The predicted octanol–water partition coefficient (Wildman–Crippen LogP) is 4.59. The van der Waals surface area contributed by atoms with E-state index in [1.807, 2.05) is 42.2 Å². The summed E-state index contributed by atoms with van der Waals surface area (Å²) in [5.74, 6) is 0.369. The zero-order chi connectivity index (χ0) is 21.4. The highest BCUT2D eigenvalue weighted by molar-refractivity contribution is 5.58. The summed E-state index contributed by atoms with van der Waals surface area (Å²) in [6, 6.07) is 17.0. The van der Waals surface area contributed by atoms with Crippen molar-refractivity contribution in [1.29, 1.82) is 0 Å². The number of hydrogen-bond donors (Lipinski definition) is 0. The number of hydrogen-bond acceptors (Lipinski definition) is 4. The molecule has 5 rings (SSSR count). The van der Waals surface area contributed by atoms with Crippen LogP contribution in [0.15, 0.2) is 59.4 Å². The third-order valence-corrected chi connectivity index (χ3v) is 6.54. The molecule has 0 N–H and O–H groups in total. The third kappa shape index (κ3) is 3.88. The first-order chi connectivity index (χ1) is 15.1. The molecule has 1 aromatic heterocycles. The molecule has 0 unspecified atom stereocenters. The third-order valence-electron chi connectivity index (χ3n) is 6.54. The molecule has 2 aromatic carbocycles. The minimum atomic E-state index is -0.270. The smallest absolute Gasteiger partial charge is 0.259 e. The van der Waals surface area contributed by atoms with Gasteiger partial charge < -0.3 is 0 Å². The van der Waals surface area contributed by atoms with Crippen LogP contribution in [-0.4, -0.2) is 27.2 Å². The minimum Gasteiger partial charge on any atom is -0.298 e. The number of rotatable bonds is 4. The zero-order valence-corrected chi connectivity index (χ0v) is 17.8. The van der Waals surface area contributed by atoms with Crippen molar-refractivity contribution in [3.63, 3.8) is 0 Å². The van der Waals surface area contributed by atoms with Crippen LogP contribution < -0.4 is 10.5 Å². The van der Waals surface area contributed by atoms with Gasteiger partial charge in [-0.05, 0) is 49.6 Å². The second kappa shape index (κ2) is 8.27. The van der Waals surface area contributed by atoms with Crippen molar-refractivity contribution in [2.75, 3.05) is 11.6 Å². The number of benzene rings is 2. The van der Waals surface area contributed by atoms with Crippen LogP contribution in [0.2, 0.25) is 0 Å². The van der Waals surface area contributed by atoms with Gasteiger partial charge in [-0.1, -0.05) is 43.2 Å². The Labute approximate surface area is 181 Å². The SMILES string of the molecule is Cc1nc2n(c(=O)c1Cc1ccccc1)CN(C1CCCC1)CN2c1ccc(F)cc1. The number of nitrogens with zero attached hydrogens (tertiary/aromatic N) is 4. The van der Waals surface area contributed by atoms with Crippen molar-refractivity contribution < 1.29 is 4.39 Å². The van der Waals surface area contributed by atoms with Gasteiger partial charge in [-0.25, -0.2) is 9.37 Å². The first-order valence-corrected chi connectivity index (χ1v) is 11.0. The lowest BCUT2D eigenvalue weighted by Crippen LogP contribution is -2.51. The summed E-state index contributed by atoms with van der Waals surface area (Å²) >= 11 is 0. The summed E-state index contributed by atoms with van der Waals surface area (Å²) in [5, 5.41) is 0. The molecule has 1 saturated carbocycles. The van der Waals surface area contributed by atoms with Gasteiger partial charge in [0.25, 0.3) is 5.56 Å². The van der Waals surface area contributed by atoms with Gasteiger partial charge in [0.2, 0.25) is 5.95 Å². The Morgan fingerprint density at radius 1 is 1.00 bits per heavy atom. The summed E-state index contributed by atoms with van der Waals surface area (Å²) in [6.07, 6.45) is 5.32. The Morgan fingerprint density at radius 2 is 1.71 bits per heavy atom. The zero-order valence-electron chi connectivity index (χ0n) is 17.8. The van der Waals surface area contributed by atoms with Crippen LogP contribution in [0.4, 0.5) is 16.0 Å². The Balaban J connectivity index is 1.59. The summed E-state index contributed by atoms with van der Waals surface area (Å²) in [6.45, 7) is 3.11. The first-order valence-electron chi connectivity index (χ1n) is 11.0. The second-order valence-corrected chi connectivity index (χ2v) is 8.59. The lowest BCUT2D eigenvalue weighted by molar-refractivity contribution is 0.138. The Kier molecular flexibility index (Phi) is 5.32. The normalized spacial score (nSPS) is 17.2. The summed E-state index contributed by atoms with van der Waals surface area (Å²) in [4.78, 5) is 22.9. The number of aryl methyl sites for hydroxylation is 1. The number of fused-ring (bicyclic) bond motifs is 1. The molecule has 0 spiro atoms. The van der Waals surface area contributed by atoms with Crippen LogP contribution >= 0.6 is 0 Å². The van der Waals surface area contributed by atoms with Crippen LogP contribution in [0, 0.1) is 12.7 Å². The van der Waals surface area contributed by atoms with Crippen LogP contribution in [-0.2, 0) is 13.1 Å². The molecule has 5 nitrogen and oxygen atoms in total. The van der Waals surface area contributed by atoms with Gasteiger partial charge in [-0.3, -0.25) is 19.2 Å². The maximum Gasteiger partial charge on any atom is 0.259 e. The molecule has 160 valence electrons. The molecule has 1 aliphatic carbocycles. The van der Waals surface area contributed by atoms with Gasteiger partial charge in [0.15, 0.2) is 0 Å². The maximum atomic E-state index is 13.6. The van der Waals surface area contributed by atoms with Gasteiger partial charge in [-0.2, -0.15) is 0 Å². The average Bonchev–Trinajstić information content (AvgIpc) is 3.33. The molecule has 0 atom stereocenters.